The molecule has 0 spiro atoms. The second-order valence-electron chi connectivity index (χ2n) is 4.88. The monoisotopic (exact) mass is 314 g/mol. The van der Waals surface area contributed by atoms with E-state index in [0.29, 0.717) is 22.8 Å². The number of benzene rings is 1. The lowest BCUT2D eigenvalue weighted by Gasteiger charge is -2.06. The van der Waals surface area contributed by atoms with E-state index < -0.39 is 5.91 Å². The number of anilines is 1. The molecule has 0 saturated carbocycles. The quantitative estimate of drug-likeness (QED) is 0.768. The molecule has 7 heteroatoms. The van der Waals surface area contributed by atoms with Crippen molar-refractivity contribution in [3.05, 3.63) is 63.0 Å². The number of thiazole rings is 1. The van der Waals surface area contributed by atoms with Crippen molar-refractivity contribution in [3.63, 3.8) is 0 Å². The maximum Gasteiger partial charge on any atom is 0.259 e. The number of nitrogens with two attached hydrogens (primary N) is 1. The van der Waals surface area contributed by atoms with E-state index in [1.165, 1.54) is 17.4 Å². The number of hydrogen-bond acceptors (Lipinski definition) is 5. The van der Waals surface area contributed by atoms with Crippen LogP contribution >= 0.6 is 11.3 Å². The summed E-state index contributed by atoms with van der Waals surface area (Å²) in [5.41, 5.74) is 7.96. The van der Waals surface area contributed by atoms with Gasteiger partial charge in [-0.1, -0.05) is 0 Å². The Kier molecular flexibility index (Phi) is 3.64. The number of aryl methyl sites for hydroxylation is 1. The van der Waals surface area contributed by atoms with Gasteiger partial charge in [0, 0.05) is 28.4 Å². The molecule has 0 saturated heterocycles. The minimum Gasteiger partial charge on any atom is -0.379 e. The number of nitrogens with one attached hydrogen (secondary N) is 1. The number of amides is 1. The lowest BCUT2D eigenvalue weighted by Crippen LogP contribution is -2.16. The van der Waals surface area contributed by atoms with Crippen molar-refractivity contribution in [1.29, 1.82) is 0 Å². The molecule has 1 amide bonds. The Bertz CT molecular complexity index is 896. The molecule has 2 aromatic heterocycles. The van der Waals surface area contributed by atoms with Crippen molar-refractivity contribution >= 4 is 27.9 Å². The second-order valence-corrected chi connectivity index (χ2v) is 5.71. The van der Waals surface area contributed by atoms with Crippen LogP contribution in [0.3, 0.4) is 0 Å². The van der Waals surface area contributed by atoms with Gasteiger partial charge in [0.15, 0.2) is 4.96 Å². The van der Waals surface area contributed by atoms with E-state index in [1.54, 1.807) is 28.7 Å². The van der Waals surface area contributed by atoms with Crippen LogP contribution in [-0.2, 0) is 6.54 Å². The summed E-state index contributed by atoms with van der Waals surface area (Å²) in [7, 11) is 0. The third-order valence-corrected chi connectivity index (χ3v) is 4.22. The number of aromatic nitrogens is 2. The summed E-state index contributed by atoms with van der Waals surface area (Å²) in [5, 5.41) is 5.07. The molecule has 0 aliphatic heterocycles. The lowest BCUT2D eigenvalue weighted by molar-refractivity contribution is 0.100. The molecule has 6 nitrogen and oxygen atoms in total. The van der Waals surface area contributed by atoms with Crippen LogP contribution in [0.15, 0.2) is 40.5 Å². The van der Waals surface area contributed by atoms with Gasteiger partial charge >= 0.3 is 0 Å². The summed E-state index contributed by atoms with van der Waals surface area (Å²) in [6.07, 6.45) is 0. The zero-order valence-corrected chi connectivity index (χ0v) is 12.7. The summed E-state index contributed by atoms with van der Waals surface area (Å²) < 4.78 is 1.59. The van der Waals surface area contributed by atoms with Crippen molar-refractivity contribution in [2.24, 2.45) is 5.73 Å². The number of primary amides is 1. The SMILES string of the molecule is Cc1csc2nc(CNc3ccc(C(N)=O)cc3)cc(=O)n12. The molecule has 3 aromatic rings. The molecule has 0 unspecified atom stereocenters. The largest absolute Gasteiger partial charge is 0.379 e. The molecular weight excluding hydrogens is 300 g/mol. The molecule has 0 atom stereocenters. The van der Waals surface area contributed by atoms with Gasteiger partial charge < -0.3 is 11.1 Å². The maximum atomic E-state index is 12.1. The fourth-order valence-electron chi connectivity index (χ4n) is 2.14. The van der Waals surface area contributed by atoms with Crippen LogP contribution in [0.2, 0.25) is 0 Å². The van der Waals surface area contributed by atoms with Gasteiger partial charge in [-0.2, -0.15) is 0 Å². The number of carbonyl (C=O) groups excluding carboxylic acids is 1. The molecule has 0 aliphatic carbocycles. The highest BCUT2D eigenvalue weighted by molar-refractivity contribution is 7.15. The second kappa shape index (κ2) is 5.61. The van der Waals surface area contributed by atoms with Gasteiger partial charge in [-0.15, -0.1) is 11.3 Å². The third-order valence-electron chi connectivity index (χ3n) is 3.27. The molecule has 0 radical (unpaired) electrons. The van der Waals surface area contributed by atoms with E-state index in [4.69, 9.17) is 5.73 Å². The molecule has 2 heterocycles. The average molecular weight is 314 g/mol. The van der Waals surface area contributed by atoms with Crippen LogP contribution in [0, 0.1) is 6.92 Å². The standard InChI is InChI=1S/C15H14N4O2S/c1-9-8-22-15-18-12(6-13(20)19(9)15)7-17-11-4-2-10(3-5-11)14(16)21/h2-6,8,17H,7H2,1H3,(H2,16,21). The van der Waals surface area contributed by atoms with Gasteiger partial charge in [0.25, 0.3) is 5.56 Å². The maximum absolute atomic E-state index is 12.1. The smallest absolute Gasteiger partial charge is 0.259 e. The molecule has 0 fully saturated rings. The summed E-state index contributed by atoms with van der Waals surface area (Å²) in [6.45, 7) is 2.31. The van der Waals surface area contributed by atoms with Crippen LogP contribution in [0.25, 0.3) is 4.96 Å². The predicted octanol–water partition coefficient (Wildman–Crippen LogP) is 1.78. The highest BCUT2D eigenvalue weighted by Crippen LogP contribution is 2.13. The Morgan fingerprint density at radius 3 is 2.77 bits per heavy atom. The van der Waals surface area contributed by atoms with E-state index in [0.717, 1.165) is 11.4 Å². The number of fused-ring (bicyclic) bond motifs is 1. The van der Waals surface area contributed by atoms with Crippen molar-refractivity contribution in [2.75, 3.05) is 5.32 Å². The number of nitrogens with zero attached hydrogens (tertiary/aromatic N) is 2. The van der Waals surface area contributed by atoms with E-state index in [2.05, 4.69) is 10.3 Å². The van der Waals surface area contributed by atoms with Gasteiger partial charge in [-0.05, 0) is 31.2 Å². The first kappa shape index (κ1) is 14.3. The number of rotatable bonds is 4. The van der Waals surface area contributed by atoms with Crippen molar-refractivity contribution < 1.29 is 4.79 Å². The Hall–Kier alpha value is -2.67. The van der Waals surface area contributed by atoms with E-state index in [-0.39, 0.29) is 5.56 Å². The van der Waals surface area contributed by atoms with E-state index in [1.807, 2.05) is 12.3 Å². The van der Waals surface area contributed by atoms with Crippen LogP contribution in [-0.4, -0.2) is 15.3 Å². The Balaban J connectivity index is 1.79. The molecule has 1 aromatic carbocycles. The van der Waals surface area contributed by atoms with Gasteiger partial charge in [0.1, 0.15) is 0 Å². The summed E-state index contributed by atoms with van der Waals surface area (Å²) in [6, 6.07) is 8.36. The first-order valence-electron chi connectivity index (χ1n) is 6.65. The predicted molar refractivity (Wildman–Crippen MR) is 86.4 cm³/mol. The van der Waals surface area contributed by atoms with Crippen molar-refractivity contribution in [1.82, 2.24) is 9.38 Å². The molecule has 0 bridgehead atoms. The molecule has 112 valence electrons. The minimum absolute atomic E-state index is 0.0790. The lowest BCUT2D eigenvalue weighted by atomic mass is 10.2. The minimum atomic E-state index is -0.459. The van der Waals surface area contributed by atoms with Gasteiger partial charge in [0.05, 0.1) is 12.2 Å². The highest BCUT2D eigenvalue weighted by atomic mass is 32.1. The molecular formula is C15H14N4O2S. The molecule has 3 rings (SSSR count). The Morgan fingerprint density at radius 1 is 1.36 bits per heavy atom. The third kappa shape index (κ3) is 2.71. The average Bonchev–Trinajstić information content (AvgIpc) is 2.87. The first-order valence-corrected chi connectivity index (χ1v) is 7.53. The summed E-state index contributed by atoms with van der Waals surface area (Å²) >= 11 is 1.44. The van der Waals surface area contributed by atoms with Gasteiger partial charge in [0.2, 0.25) is 5.91 Å². The topological polar surface area (TPSA) is 89.5 Å². The number of hydrogen-bond donors (Lipinski definition) is 2. The molecule has 0 aliphatic rings. The fourth-order valence-corrected chi connectivity index (χ4v) is 3.03. The Morgan fingerprint density at radius 2 is 2.09 bits per heavy atom. The zero-order valence-electron chi connectivity index (χ0n) is 11.9. The van der Waals surface area contributed by atoms with Crippen molar-refractivity contribution in [2.45, 2.75) is 13.5 Å². The first-order chi connectivity index (χ1) is 10.5. The highest BCUT2D eigenvalue weighted by Gasteiger charge is 2.06. The zero-order chi connectivity index (χ0) is 15.7. The van der Waals surface area contributed by atoms with Crippen molar-refractivity contribution in [3.8, 4) is 0 Å². The van der Waals surface area contributed by atoms with Crippen LogP contribution in [0.4, 0.5) is 5.69 Å². The number of carbonyl (C=O) groups is 1. The fraction of sp³-hybridized carbons (Fsp3) is 0.133. The van der Waals surface area contributed by atoms with Crippen LogP contribution in [0.1, 0.15) is 21.7 Å². The summed E-state index contributed by atoms with van der Waals surface area (Å²) in [4.78, 5) is 28.2. The van der Waals surface area contributed by atoms with E-state index in [9.17, 15) is 9.59 Å². The van der Waals surface area contributed by atoms with Crippen LogP contribution in [0.5, 0.6) is 0 Å². The molecule has 22 heavy (non-hydrogen) atoms. The normalized spacial score (nSPS) is 10.8. The van der Waals surface area contributed by atoms with E-state index >= 15 is 0 Å². The van der Waals surface area contributed by atoms with Gasteiger partial charge in [-0.3, -0.25) is 14.0 Å². The van der Waals surface area contributed by atoms with Gasteiger partial charge in [-0.25, -0.2) is 4.98 Å². The van der Waals surface area contributed by atoms with Crippen LogP contribution < -0.4 is 16.6 Å². The molecule has 3 N–H and O–H groups in total. The Labute approximate surface area is 130 Å². The summed E-state index contributed by atoms with van der Waals surface area (Å²) in [5.74, 6) is -0.459.